The Bertz CT molecular complexity index is 880. The number of amides is 1. The maximum atomic E-state index is 12.6. The Morgan fingerprint density at radius 3 is 2.32 bits per heavy atom. The third-order valence-electron chi connectivity index (χ3n) is 6.98. The number of benzene rings is 1. The Balaban J connectivity index is 1.29. The van der Waals surface area contributed by atoms with Gasteiger partial charge in [0, 0.05) is 43.5 Å². The summed E-state index contributed by atoms with van der Waals surface area (Å²) in [6.45, 7) is 5.27. The lowest BCUT2D eigenvalue weighted by molar-refractivity contribution is -0.127. The number of allylic oxidation sites excluding steroid dienone is 4. The van der Waals surface area contributed by atoms with E-state index in [4.69, 9.17) is 0 Å². The van der Waals surface area contributed by atoms with Crippen molar-refractivity contribution in [1.29, 1.82) is 0 Å². The third-order valence-corrected chi connectivity index (χ3v) is 6.98. The van der Waals surface area contributed by atoms with Crippen molar-refractivity contribution >= 4 is 11.7 Å². The highest BCUT2D eigenvalue weighted by atomic mass is 16.2. The molecule has 1 aliphatic heterocycles. The van der Waals surface area contributed by atoms with Gasteiger partial charge in [0.15, 0.2) is 5.78 Å². The number of carbonyl (C=O) groups excluding carboxylic acids is 2. The van der Waals surface area contributed by atoms with Crippen LogP contribution in [0.3, 0.4) is 0 Å². The molecule has 1 aromatic rings. The summed E-state index contributed by atoms with van der Waals surface area (Å²) in [6, 6.07) is 8.00. The molecule has 2 fully saturated rings. The Morgan fingerprint density at radius 2 is 1.65 bits per heavy atom. The molecule has 4 rings (SSSR count). The molecule has 0 aromatic heterocycles. The molecule has 4 nitrogen and oxygen atoms in total. The summed E-state index contributed by atoms with van der Waals surface area (Å²) >= 11 is 0. The molecule has 1 aromatic carbocycles. The lowest BCUT2D eigenvalue weighted by Crippen LogP contribution is -2.47. The van der Waals surface area contributed by atoms with Gasteiger partial charge in [-0.25, -0.2) is 0 Å². The fourth-order valence-corrected chi connectivity index (χ4v) is 5.01. The number of hydrogen-bond donors (Lipinski definition) is 0. The monoisotopic (exact) mass is 418 g/mol. The zero-order chi connectivity index (χ0) is 21.6. The molecule has 0 spiro atoms. The molecule has 4 heteroatoms. The Labute approximate surface area is 186 Å². The van der Waals surface area contributed by atoms with Crippen molar-refractivity contribution in [2.45, 2.75) is 57.8 Å². The zero-order valence-corrected chi connectivity index (χ0v) is 18.7. The molecule has 1 saturated carbocycles. The van der Waals surface area contributed by atoms with Crippen molar-refractivity contribution in [1.82, 2.24) is 9.80 Å². The summed E-state index contributed by atoms with van der Waals surface area (Å²) < 4.78 is 0. The minimum Gasteiger partial charge on any atom is -0.368 e. The summed E-state index contributed by atoms with van der Waals surface area (Å²) in [7, 11) is 0. The van der Waals surface area contributed by atoms with Crippen molar-refractivity contribution in [2.75, 3.05) is 26.2 Å². The average molecular weight is 419 g/mol. The van der Waals surface area contributed by atoms with Gasteiger partial charge in [0.2, 0.25) is 5.91 Å². The van der Waals surface area contributed by atoms with Crippen LogP contribution in [0.5, 0.6) is 0 Å². The van der Waals surface area contributed by atoms with E-state index in [1.165, 1.54) is 61.1 Å². The van der Waals surface area contributed by atoms with Gasteiger partial charge in [-0.05, 0) is 61.8 Å². The number of rotatable bonds is 5. The van der Waals surface area contributed by atoms with E-state index >= 15 is 0 Å². The molecule has 31 heavy (non-hydrogen) atoms. The topological polar surface area (TPSA) is 40.6 Å². The first-order valence-electron chi connectivity index (χ1n) is 11.8. The molecule has 0 atom stereocenters. The van der Waals surface area contributed by atoms with E-state index in [2.05, 4.69) is 36.1 Å². The van der Waals surface area contributed by atoms with Crippen molar-refractivity contribution in [2.24, 2.45) is 0 Å². The summed E-state index contributed by atoms with van der Waals surface area (Å²) in [6.07, 6.45) is 16.0. The highest BCUT2D eigenvalue weighted by molar-refractivity contribution is 6.07. The lowest BCUT2D eigenvalue weighted by Gasteiger charge is -2.37. The van der Waals surface area contributed by atoms with Gasteiger partial charge >= 0.3 is 0 Å². The fourth-order valence-electron chi connectivity index (χ4n) is 5.01. The molecule has 1 saturated heterocycles. The van der Waals surface area contributed by atoms with E-state index in [1.54, 1.807) is 0 Å². The molecular weight excluding hydrogens is 384 g/mol. The van der Waals surface area contributed by atoms with Crippen LogP contribution < -0.4 is 0 Å². The maximum Gasteiger partial charge on any atom is 0.246 e. The van der Waals surface area contributed by atoms with Gasteiger partial charge < -0.3 is 9.80 Å². The summed E-state index contributed by atoms with van der Waals surface area (Å²) in [4.78, 5) is 29.3. The first-order valence-corrected chi connectivity index (χ1v) is 11.8. The smallest absolute Gasteiger partial charge is 0.246 e. The molecule has 0 radical (unpaired) electrons. The van der Waals surface area contributed by atoms with Gasteiger partial charge in [0.25, 0.3) is 0 Å². The van der Waals surface area contributed by atoms with Crippen LogP contribution in [0.15, 0.2) is 59.8 Å². The predicted molar refractivity (Wildman–Crippen MR) is 125 cm³/mol. The van der Waals surface area contributed by atoms with Gasteiger partial charge in [0.05, 0.1) is 0 Å². The molecule has 164 valence electrons. The second kappa shape index (κ2) is 10.1. The van der Waals surface area contributed by atoms with Gasteiger partial charge in [-0.1, -0.05) is 49.6 Å². The van der Waals surface area contributed by atoms with E-state index in [-0.39, 0.29) is 11.7 Å². The largest absolute Gasteiger partial charge is 0.368 e. The molecule has 2 aliphatic carbocycles. The molecule has 0 bridgehead atoms. The van der Waals surface area contributed by atoms with E-state index < -0.39 is 0 Å². The lowest BCUT2D eigenvalue weighted by atomic mass is 9.84. The number of carbonyl (C=O) groups is 2. The van der Waals surface area contributed by atoms with Gasteiger partial charge in [-0.3, -0.25) is 9.59 Å². The highest BCUT2D eigenvalue weighted by Gasteiger charge is 2.22. The van der Waals surface area contributed by atoms with Crippen LogP contribution in [0.25, 0.3) is 0 Å². The number of hydrogen-bond acceptors (Lipinski definition) is 3. The van der Waals surface area contributed by atoms with Gasteiger partial charge in [-0.2, -0.15) is 0 Å². The van der Waals surface area contributed by atoms with Crippen LogP contribution in [0, 0.1) is 0 Å². The SMILES string of the molecule is CC1=C(N2CCN(C(=O)/C=C/C(=O)c3ccc(C4CCCCC4)cc3)CC2)C=CCC1. The second-order valence-corrected chi connectivity index (χ2v) is 9.07. The first kappa shape index (κ1) is 21.6. The molecule has 1 heterocycles. The maximum absolute atomic E-state index is 12.6. The average Bonchev–Trinajstić information content (AvgIpc) is 2.83. The van der Waals surface area contributed by atoms with Crippen LogP contribution in [0.2, 0.25) is 0 Å². The highest BCUT2D eigenvalue weighted by Crippen LogP contribution is 2.32. The summed E-state index contributed by atoms with van der Waals surface area (Å²) in [5, 5.41) is 0. The van der Waals surface area contributed by atoms with Crippen LogP contribution >= 0.6 is 0 Å². The fraction of sp³-hybridized carbons (Fsp3) is 0.481. The Morgan fingerprint density at radius 1 is 0.935 bits per heavy atom. The van der Waals surface area contributed by atoms with E-state index in [1.807, 2.05) is 17.0 Å². The van der Waals surface area contributed by atoms with Crippen molar-refractivity contribution in [3.05, 3.63) is 71.0 Å². The van der Waals surface area contributed by atoms with Crippen LogP contribution in [0.1, 0.15) is 73.7 Å². The molecule has 0 N–H and O–H groups in total. The quantitative estimate of drug-likeness (QED) is 0.485. The normalized spacial score (nSPS) is 20.5. The van der Waals surface area contributed by atoms with Crippen LogP contribution in [0.4, 0.5) is 0 Å². The minimum absolute atomic E-state index is 0.0725. The molecular formula is C27H34N2O2. The minimum atomic E-state index is -0.102. The van der Waals surface area contributed by atoms with E-state index in [0.29, 0.717) is 24.6 Å². The van der Waals surface area contributed by atoms with Gasteiger partial charge in [-0.15, -0.1) is 0 Å². The standard InChI is InChI=1S/C27H34N2O2/c1-21-7-5-6-10-25(21)28-17-19-29(20-18-28)27(31)16-15-26(30)24-13-11-23(12-14-24)22-8-3-2-4-9-22/h6,10-16,22H,2-5,7-9,17-20H2,1H3/b16-15+. The second-order valence-electron chi connectivity index (χ2n) is 9.07. The van der Waals surface area contributed by atoms with Crippen molar-refractivity contribution < 1.29 is 9.59 Å². The zero-order valence-electron chi connectivity index (χ0n) is 18.7. The van der Waals surface area contributed by atoms with Crippen molar-refractivity contribution in [3.8, 4) is 0 Å². The summed E-state index contributed by atoms with van der Waals surface area (Å²) in [5.41, 5.74) is 4.75. The Hall–Kier alpha value is -2.62. The van der Waals surface area contributed by atoms with E-state index in [0.717, 1.165) is 25.9 Å². The summed E-state index contributed by atoms with van der Waals surface area (Å²) in [5.74, 6) is 0.462. The van der Waals surface area contributed by atoms with Crippen LogP contribution in [-0.2, 0) is 4.79 Å². The van der Waals surface area contributed by atoms with Crippen molar-refractivity contribution in [3.63, 3.8) is 0 Å². The van der Waals surface area contributed by atoms with Gasteiger partial charge in [0.1, 0.15) is 0 Å². The predicted octanol–water partition coefficient (Wildman–Crippen LogP) is 5.24. The molecule has 1 amide bonds. The third kappa shape index (κ3) is 5.36. The van der Waals surface area contributed by atoms with Crippen LogP contribution in [-0.4, -0.2) is 47.7 Å². The molecule has 3 aliphatic rings. The number of nitrogens with zero attached hydrogens (tertiary/aromatic N) is 2. The Kier molecular flexibility index (Phi) is 7.06. The molecule has 0 unspecified atom stereocenters. The first-order chi connectivity index (χ1) is 15.1. The number of piperazine rings is 1. The number of ketones is 1. The van der Waals surface area contributed by atoms with E-state index in [9.17, 15) is 9.59 Å².